The third-order valence-corrected chi connectivity index (χ3v) is 4.04. The van der Waals surface area contributed by atoms with Gasteiger partial charge in [-0.15, -0.1) is 0 Å². The zero-order chi connectivity index (χ0) is 10.9. The molecule has 3 nitrogen and oxygen atoms in total. The monoisotopic (exact) mass is 210 g/mol. The van der Waals surface area contributed by atoms with Gasteiger partial charge in [0.2, 0.25) is 5.91 Å². The van der Waals surface area contributed by atoms with Crippen LogP contribution in [0.4, 0.5) is 0 Å². The van der Waals surface area contributed by atoms with Crippen molar-refractivity contribution < 1.29 is 4.79 Å². The first kappa shape index (κ1) is 10.9. The first-order chi connectivity index (χ1) is 7.17. The van der Waals surface area contributed by atoms with Crippen LogP contribution in [0.1, 0.15) is 38.5 Å². The molecule has 2 aliphatic carbocycles. The van der Waals surface area contributed by atoms with E-state index in [0.717, 1.165) is 25.9 Å². The number of hydrogen-bond acceptors (Lipinski definition) is 2. The minimum Gasteiger partial charge on any atom is -0.345 e. The summed E-state index contributed by atoms with van der Waals surface area (Å²) >= 11 is 0. The van der Waals surface area contributed by atoms with Gasteiger partial charge < -0.3 is 10.6 Å². The molecule has 2 saturated carbocycles. The molecule has 0 aromatic rings. The van der Waals surface area contributed by atoms with E-state index in [1.54, 1.807) is 0 Å². The molecule has 3 heteroatoms. The van der Waals surface area contributed by atoms with E-state index in [-0.39, 0.29) is 5.41 Å². The van der Waals surface area contributed by atoms with Crippen molar-refractivity contribution in [1.82, 2.24) is 4.90 Å². The number of amides is 1. The van der Waals surface area contributed by atoms with Crippen molar-refractivity contribution >= 4 is 5.91 Å². The lowest BCUT2D eigenvalue weighted by molar-refractivity contribution is -0.134. The predicted octanol–water partition coefficient (Wildman–Crippen LogP) is 1.37. The fourth-order valence-electron chi connectivity index (χ4n) is 2.67. The van der Waals surface area contributed by atoms with Gasteiger partial charge in [-0.05, 0) is 32.2 Å². The molecule has 0 spiro atoms. The van der Waals surface area contributed by atoms with Gasteiger partial charge in [-0.25, -0.2) is 0 Å². The zero-order valence-electron chi connectivity index (χ0n) is 9.67. The van der Waals surface area contributed by atoms with E-state index in [1.807, 2.05) is 11.9 Å². The van der Waals surface area contributed by atoms with E-state index in [4.69, 9.17) is 5.73 Å². The summed E-state index contributed by atoms with van der Waals surface area (Å²) in [5, 5.41) is 0. The normalized spacial score (nSPS) is 24.1. The minimum absolute atomic E-state index is 0.281. The van der Waals surface area contributed by atoms with Gasteiger partial charge in [-0.3, -0.25) is 4.79 Å². The molecule has 0 aliphatic heterocycles. The molecule has 1 amide bonds. The van der Waals surface area contributed by atoms with E-state index in [9.17, 15) is 4.79 Å². The quantitative estimate of drug-likeness (QED) is 0.762. The van der Waals surface area contributed by atoms with Crippen LogP contribution < -0.4 is 5.73 Å². The predicted molar refractivity (Wildman–Crippen MR) is 60.3 cm³/mol. The lowest BCUT2D eigenvalue weighted by Crippen LogP contribution is -2.38. The number of rotatable bonds is 4. The summed E-state index contributed by atoms with van der Waals surface area (Å²) in [6.45, 7) is 1.61. The Morgan fingerprint density at radius 3 is 2.47 bits per heavy atom. The van der Waals surface area contributed by atoms with Crippen molar-refractivity contribution in [2.45, 2.75) is 38.5 Å². The molecule has 2 fully saturated rings. The molecule has 0 unspecified atom stereocenters. The minimum atomic E-state index is 0.281. The van der Waals surface area contributed by atoms with Gasteiger partial charge in [0.25, 0.3) is 0 Å². The Labute approximate surface area is 92.0 Å². The number of carbonyl (C=O) groups excluding carboxylic acids is 1. The van der Waals surface area contributed by atoms with Crippen molar-refractivity contribution in [2.75, 3.05) is 20.1 Å². The van der Waals surface area contributed by atoms with Gasteiger partial charge in [-0.1, -0.05) is 12.8 Å². The summed E-state index contributed by atoms with van der Waals surface area (Å²) in [5.41, 5.74) is 6.01. The van der Waals surface area contributed by atoms with Crippen molar-refractivity contribution in [3.8, 4) is 0 Å². The van der Waals surface area contributed by atoms with Crippen LogP contribution >= 0.6 is 0 Å². The maximum atomic E-state index is 12.1. The summed E-state index contributed by atoms with van der Waals surface area (Å²) in [7, 11) is 1.94. The molecule has 0 saturated heterocycles. The highest BCUT2D eigenvalue weighted by Gasteiger charge is 2.43. The molecule has 0 heterocycles. The molecule has 2 aliphatic rings. The molecule has 0 aromatic heterocycles. The smallest absolute Gasteiger partial charge is 0.225 e. The molecule has 2 N–H and O–H groups in total. The lowest BCUT2D eigenvalue weighted by atomic mass is 10.0. The molecular weight excluding hydrogens is 188 g/mol. The van der Waals surface area contributed by atoms with Crippen molar-refractivity contribution in [3.63, 3.8) is 0 Å². The van der Waals surface area contributed by atoms with Gasteiger partial charge in [0.1, 0.15) is 0 Å². The summed E-state index contributed by atoms with van der Waals surface area (Å²) < 4.78 is 0. The van der Waals surface area contributed by atoms with Crippen molar-refractivity contribution in [3.05, 3.63) is 0 Å². The van der Waals surface area contributed by atoms with Crippen LogP contribution in [0.2, 0.25) is 0 Å². The number of hydrogen-bond donors (Lipinski definition) is 1. The molecule has 0 bridgehead atoms. The summed E-state index contributed by atoms with van der Waals surface area (Å²) in [4.78, 5) is 14.0. The highest BCUT2D eigenvalue weighted by Crippen LogP contribution is 2.45. The molecule has 0 radical (unpaired) electrons. The van der Waals surface area contributed by atoms with Crippen molar-refractivity contribution in [2.24, 2.45) is 17.1 Å². The average molecular weight is 210 g/mol. The Kier molecular flexibility index (Phi) is 3.01. The highest BCUT2D eigenvalue weighted by atomic mass is 16.2. The van der Waals surface area contributed by atoms with Crippen LogP contribution in [0.25, 0.3) is 0 Å². The Bertz CT molecular complexity index is 242. The molecule has 0 aromatic carbocycles. The van der Waals surface area contributed by atoms with Crippen LogP contribution in [-0.2, 0) is 4.79 Å². The van der Waals surface area contributed by atoms with E-state index in [0.29, 0.717) is 11.8 Å². The SMILES string of the molecule is CN(CC1(CN)CC1)C(=O)C1CCCC1. The van der Waals surface area contributed by atoms with Gasteiger partial charge in [0.15, 0.2) is 0 Å². The van der Waals surface area contributed by atoms with Crippen molar-refractivity contribution in [1.29, 1.82) is 0 Å². The van der Waals surface area contributed by atoms with Gasteiger partial charge in [-0.2, -0.15) is 0 Å². The summed E-state index contributed by atoms with van der Waals surface area (Å²) in [6.07, 6.45) is 7.05. The second kappa shape index (κ2) is 4.12. The van der Waals surface area contributed by atoms with Gasteiger partial charge >= 0.3 is 0 Å². The third kappa shape index (κ3) is 2.33. The van der Waals surface area contributed by atoms with E-state index < -0.39 is 0 Å². The average Bonchev–Trinajstić information content (AvgIpc) is 2.81. The van der Waals surface area contributed by atoms with Crippen LogP contribution in [-0.4, -0.2) is 30.9 Å². The number of nitrogens with zero attached hydrogens (tertiary/aromatic N) is 1. The van der Waals surface area contributed by atoms with Gasteiger partial charge in [0, 0.05) is 24.9 Å². The van der Waals surface area contributed by atoms with E-state index in [1.165, 1.54) is 25.7 Å². The maximum Gasteiger partial charge on any atom is 0.225 e. The Morgan fingerprint density at radius 2 is 2.00 bits per heavy atom. The van der Waals surface area contributed by atoms with Crippen LogP contribution in [0.3, 0.4) is 0 Å². The van der Waals surface area contributed by atoms with Gasteiger partial charge in [0.05, 0.1) is 0 Å². The Morgan fingerprint density at radius 1 is 1.40 bits per heavy atom. The van der Waals surface area contributed by atoms with Crippen LogP contribution in [0.15, 0.2) is 0 Å². The third-order valence-electron chi connectivity index (χ3n) is 4.04. The summed E-state index contributed by atoms with van der Waals surface area (Å²) in [6, 6.07) is 0. The Hall–Kier alpha value is -0.570. The first-order valence-corrected chi connectivity index (χ1v) is 6.12. The fraction of sp³-hybridized carbons (Fsp3) is 0.917. The molecule has 2 rings (SSSR count). The lowest BCUT2D eigenvalue weighted by Gasteiger charge is -2.25. The van der Waals surface area contributed by atoms with Crippen LogP contribution in [0, 0.1) is 11.3 Å². The largest absolute Gasteiger partial charge is 0.345 e. The summed E-state index contributed by atoms with van der Waals surface area (Å²) in [5.74, 6) is 0.663. The van der Waals surface area contributed by atoms with E-state index in [2.05, 4.69) is 0 Å². The number of carbonyl (C=O) groups is 1. The topological polar surface area (TPSA) is 46.3 Å². The Balaban J connectivity index is 1.84. The fourth-order valence-corrected chi connectivity index (χ4v) is 2.67. The highest BCUT2D eigenvalue weighted by molar-refractivity contribution is 5.78. The maximum absolute atomic E-state index is 12.1. The number of nitrogens with two attached hydrogens (primary N) is 1. The van der Waals surface area contributed by atoms with Crippen LogP contribution in [0.5, 0.6) is 0 Å². The standard InChI is InChI=1S/C12H22N2O/c1-14(9-12(8-13)6-7-12)11(15)10-4-2-3-5-10/h10H,2-9,13H2,1H3. The molecule has 15 heavy (non-hydrogen) atoms. The second-order valence-corrected chi connectivity index (χ2v) is 5.38. The van der Waals surface area contributed by atoms with E-state index >= 15 is 0 Å². The first-order valence-electron chi connectivity index (χ1n) is 6.12. The molecule has 86 valence electrons. The zero-order valence-corrected chi connectivity index (χ0v) is 9.67. The molecular formula is C12H22N2O. The second-order valence-electron chi connectivity index (χ2n) is 5.38. The molecule has 0 atom stereocenters.